The molecule has 0 spiro atoms. The van der Waals surface area contributed by atoms with Gasteiger partial charge in [0.1, 0.15) is 0 Å². The van der Waals surface area contributed by atoms with Crippen LogP contribution in [0.2, 0.25) is 0 Å². The van der Waals surface area contributed by atoms with Gasteiger partial charge in [0.15, 0.2) is 0 Å². The van der Waals surface area contributed by atoms with Crippen LogP contribution in [0.15, 0.2) is 109 Å². The van der Waals surface area contributed by atoms with Gasteiger partial charge < -0.3 is 14.9 Å². The molecule has 0 aromatic heterocycles. The standard InChI is InChI=1S/2C29H33.2CH3.2ClH.Si.Zr/c2*1-2-5-23(6-3-1)24-9-11-25(12-10-24)27-8-4-7-26-17-22(18-28(26)27)20-29-15-13-21(19-29)14-16-29;;;;;;/h2*4,7-12,17-18,21,23H,1-3,5-6,13-16,19-20H2;2*1H3;2*1H;;/q4*-1;;;;. The predicted molar refractivity (Wildman–Crippen MR) is 280 cm³/mol. The van der Waals surface area contributed by atoms with Crippen molar-refractivity contribution in [3.63, 3.8) is 0 Å². The first kappa shape index (κ1) is 51.2. The van der Waals surface area contributed by atoms with Gasteiger partial charge in [0.25, 0.3) is 0 Å². The molecule has 4 bridgehead atoms. The fraction of sp³-hybridized carbons (Fsp3) is 0.467. The molecule has 0 unspecified atom stereocenters. The van der Waals surface area contributed by atoms with E-state index in [9.17, 15) is 0 Å². The molecule has 2 radical (unpaired) electrons. The molecule has 0 N–H and O–H groups in total. The molecule has 12 rings (SSSR count). The molecule has 0 heterocycles. The van der Waals surface area contributed by atoms with Crippen molar-refractivity contribution in [3.8, 4) is 22.3 Å². The summed E-state index contributed by atoms with van der Waals surface area (Å²) in [5.41, 5.74) is 13.1. The molecule has 0 amide bonds. The first-order valence-electron chi connectivity index (χ1n) is 24.4. The van der Waals surface area contributed by atoms with Crippen LogP contribution in [0.3, 0.4) is 0 Å². The van der Waals surface area contributed by atoms with Gasteiger partial charge in [-0.25, -0.2) is 0 Å². The minimum Gasteiger partial charge on any atom is -0.164 e. The van der Waals surface area contributed by atoms with E-state index in [1.807, 2.05) is 0 Å². The van der Waals surface area contributed by atoms with Gasteiger partial charge in [0.2, 0.25) is 0 Å². The van der Waals surface area contributed by atoms with E-state index in [0.29, 0.717) is 10.8 Å². The van der Waals surface area contributed by atoms with Crippen LogP contribution in [0.5, 0.6) is 0 Å². The van der Waals surface area contributed by atoms with E-state index in [0.717, 1.165) is 23.7 Å². The molecule has 6 aromatic carbocycles. The van der Waals surface area contributed by atoms with Gasteiger partial charge in [-0.1, -0.05) is 110 Å². The van der Waals surface area contributed by atoms with Crippen molar-refractivity contribution in [3.05, 3.63) is 146 Å². The van der Waals surface area contributed by atoms with Crippen LogP contribution < -0.4 is 0 Å². The molecule has 6 aliphatic rings. The minimum absolute atomic E-state index is 0. The Morgan fingerprint density at radius 3 is 1.16 bits per heavy atom. The number of hydrogen-bond acceptors (Lipinski definition) is 0. The molecule has 6 saturated carbocycles. The third-order valence-corrected chi connectivity index (χ3v) is 17.2. The maximum Gasteiger partial charge on any atom is -0.0162 e. The smallest absolute Gasteiger partial charge is 0.0162 e. The van der Waals surface area contributed by atoms with Crippen LogP contribution in [0, 0.1) is 37.5 Å². The minimum atomic E-state index is 0. The summed E-state index contributed by atoms with van der Waals surface area (Å²) in [5.74, 6) is 3.66. The number of benzene rings is 4. The Morgan fingerprint density at radius 2 is 0.828 bits per heavy atom. The average molecular weight is 985 g/mol. The number of rotatable bonds is 8. The fourth-order valence-corrected chi connectivity index (χ4v) is 14.0. The first-order chi connectivity index (χ1) is 29.6. The second kappa shape index (κ2) is 22.7. The van der Waals surface area contributed by atoms with E-state index in [1.54, 1.807) is 22.3 Å². The van der Waals surface area contributed by atoms with Crippen molar-refractivity contribution < 1.29 is 23.3 Å². The summed E-state index contributed by atoms with van der Waals surface area (Å²) in [5, 5.41) is 5.77. The van der Waals surface area contributed by atoms with Crippen LogP contribution >= 0.6 is 24.8 Å². The number of halogens is 2. The summed E-state index contributed by atoms with van der Waals surface area (Å²) in [6.45, 7) is 3.06. The van der Waals surface area contributed by atoms with E-state index in [2.05, 4.69) is 116 Å². The Hall–Kier alpha value is -2.22. The zero-order chi connectivity index (χ0) is 40.5. The Morgan fingerprint density at radius 1 is 0.469 bits per heavy atom. The summed E-state index contributed by atoms with van der Waals surface area (Å²) in [4.78, 5) is 0. The van der Waals surface area contributed by atoms with Crippen molar-refractivity contribution in [2.24, 2.45) is 22.7 Å². The van der Waals surface area contributed by atoms with Gasteiger partial charge in [-0.15, -0.1) is 93.9 Å². The molecule has 6 aliphatic carbocycles. The van der Waals surface area contributed by atoms with Crippen LogP contribution in [0.25, 0.3) is 43.8 Å². The molecule has 4 heteroatoms. The monoisotopic (exact) mass is 982 g/mol. The van der Waals surface area contributed by atoms with Crippen molar-refractivity contribution in [2.45, 2.75) is 153 Å². The zero-order valence-electron chi connectivity index (χ0n) is 39.1. The van der Waals surface area contributed by atoms with Crippen molar-refractivity contribution >= 4 is 53.2 Å². The molecular formula is C60H74Cl2SiZr-4. The molecule has 0 saturated heterocycles. The van der Waals surface area contributed by atoms with E-state index in [1.165, 1.54) is 208 Å². The van der Waals surface area contributed by atoms with Gasteiger partial charge in [0, 0.05) is 0 Å². The van der Waals surface area contributed by atoms with Crippen molar-refractivity contribution in [1.29, 1.82) is 0 Å². The number of fused-ring (bicyclic) bond motifs is 6. The predicted octanol–water partition coefficient (Wildman–Crippen LogP) is 18.2. The van der Waals surface area contributed by atoms with Crippen LogP contribution in [-0.4, -0.2) is 6.88 Å². The van der Waals surface area contributed by atoms with Crippen molar-refractivity contribution in [2.75, 3.05) is 0 Å². The number of hydrogen-bond donors (Lipinski definition) is 0. The SMILES string of the molecule is Cl.Cl.[CH3-].[CH3-].[Si]=[Zr].c1cc(-c2ccc(C3CCCCC3)cc2)c2cc(CC34CCC(CC3)C4)[cH-]c2c1.c1cc(-c2ccc(C3CCCCC3)cc2)c2cc(CC34CCC(CC3)C4)[cH-]c2c1. The topological polar surface area (TPSA) is 0 Å². The van der Waals surface area contributed by atoms with Gasteiger partial charge >= 0.3 is 30.2 Å². The second-order valence-corrected chi connectivity index (χ2v) is 20.9. The molecule has 6 aromatic rings. The summed E-state index contributed by atoms with van der Waals surface area (Å²) in [6.07, 6.45) is 31.4. The maximum absolute atomic E-state index is 3.06. The molecule has 0 nitrogen and oxygen atoms in total. The Bertz CT molecular complexity index is 2190. The molecular weight excluding hydrogens is 911 g/mol. The molecule has 0 aliphatic heterocycles. The quantitative estimate of drug-likeness (QED) is 0.105. The van der Waals surface area contributed by atoms with E-state index < -0.39 is 0 Å². The molecule has 340 valence electrons. The molecule has 6 fully saturated rings. The summed E-state index contributed by atoms with van der Waals surface area (Å²) >= 11 is 1.36. The molecule has 64 heavy (non-hydrogen) atoms. The summed E-state index contributed by atoms with van der Waals surface area (Å²) in [6, 6.07) is 42.9. The van der Waals surface area contributed by atoms with E-state index in [-0.39, 0.29) is 39.7 Å². The third kappa shape index (κ3) is 10.9. The zero-order valence-corrected chi connectivity index (χ0v) is 44.2. The van der Waals surface area contributed by atoms with Crippen molar-refractivity contribution in [1.82, 2.24) is 0 Å². The third-order valence-electron chi connectivity index (χ3n) is 17.2. The van der Waals surface area contributed by atoms with Gasteiger partial charge in [-0.05, 0) is 159 Å². The Balaban J connectivity index is 0.000000193. The van der Waals surface area contributed by atoms with E-state index >= 15 is 0 Å². The Labute approximate surface area is 417 Å². The average Bonchev–Trinajstić information content (AvgIpc) is 4.19. The summed E-state index contributed by atoms with van der Waals surface area (Å²) < 4.78 is 0. The van der Waals surface area contributed by atoms with Crippen LogP contribution in [0.1, 0.15) is 163 Å². The second-order valence-electron chi connectivity index (χ2n) is 20.9. The fourth-order valence-electron chi connectivity index (χ4n) is 14.0. The maximum atomic E-state index is 3.06. The van der Waals surface area contributed by atoms with Crippen LogP contribution in [-0.2, 0) is 36.2 Å². The van der Waals surface area contributed by atoms with Gasteiger partial charge in [0.05, 0.1) is 0 Å². The van der Waals surface area contributed by atoms with Crippen LogP contribution in [0.4, 0.5) is 0 Å². The summed E-state index contributed by atoms with van der Waals surface area (Å²) in [7, 11) is 0. The Kier molecular flexibility index (Phi) is 18.2. The first-order valence-corrected chi connectivity index (χ1v) is 28.6. The normalized spacial score (nSPS) is 24.6. The van der Waals surface area contributed by atoms with Gasteiger partial charge in [-0.2, -0.15) is 12.1 Å². The largest absolute Gasteiger partial charge is 0.164 e. The molecule has 0 atom stereocenters. The van der Waals surface area contributed by atoms with E-state index in [4.69, 9.17) is 0 Å². The van der Waals surface area contributed by atoms with Gasteiger partial charge in [-0.3, -0.25) is 0 Å².